The van der Waals surface area contributed by atoms with Crippen LogP contribution >= 0.6 is 0 Å². The minimum atomic E-state index is -3.07. The highest BCUT2D eigenvalue weighted by Gasteiger charge is 2.27. The van der Waals surface area contributed by atoms with E-state index >= 15 is 0 Å². The minimum Gasteiger partial charge on any atom is -0.370 e. The average Bonchev–Trinajstić information content (AvgIpc) is 2.17. The van der Waals surface area contributed by atoms with Crippen LogP contribution in [0, 0.1) is 5.92 Å². The fourth-order valence-corrected chi connectivity index (χ4v) is 3.60. The third kappa shape index (κ3) is 3.75. The van der Waals surface area contributed by atoms with Crippen LogP contribution in [0.4, 0.5) is 0 Å². The second-order valence-electron chi connectivity index (χ2n) is 4.33. The summed E-state index contributed by atoms with van der Waals surface area (Å²) in [5.41, 5.74) is 5.12. The van der Waals surface area contributed by atoms with Gasteiger partial charge in [-0.05, 0) is 25.2 Å². The van der Waals surface area contributed by atoms with Crippen LogP contribution < -0.4 is 5.73 Å². The Labute approximate surface area is 97.0 Å². The van der Waals surface area contributed by atoms with E-state index in [-0.39, 0.29) is 17.6 Å². The second-order valence-corrected chi connectivity index (χ2v) is 6.42. The Balaban J connectivity index is 2.46. The first-order valence-electron chi connectivity index (χ1n) is 5.72. The summed E-state index contributed by atoms with van der Waals surface area (Å²) in [6, 6.07) is 0. The molecule has 1 saturated heterocycles. The predicted molar refractivity (Wildman–Crippen MR) is 62.2 cm³/mol. The van der Waals surface area contributed by atoms with Gasteiger partial charge in [0.15, 0.2) is 0 Å². The minimum absolute atomic E-state index is 0.216. The van der Waals surface area contributed by atoms with Crippen molar-refractivity contribution in [1.29, 1.82) is 0 Å². The Hall–Kier alpha value is -0.620. The Morgan fingerprint density at radius 2 is 1.94 bits per heavy atom. The maximum atomic E-state index is 11.7. The predicted octanol–water partition coefficient (Wildman–Crippen LogP) is 0.314. The van der Waals surface area contributed by atoms with Crippen LogP contribution in [0.15, 0.2) is 0 Å². The third-order valence-electron chi connectivity index (χ3n) is 2.92. The van der Waals surface area contributed by atoms with Gasteiger partial charge in [0.05, 0.1) is 5.75 Å². The fourth-order valence-electron chi connectivity index (χ4n) is 2.06. The van der Waals surface area contributed by atoms with Gasteiger partial charge in [0.1, 0.15) is 0 Å². The molecule has 0 atom stereocenters. The van der Waals surface area contributed by atoms with E-state index in [0.717, 1.165) is 12.8 Å². The van der Waals surface area contributed by atoms with Gasteiger partial charge in [-0.2, -0.15) is 0 Å². The molecule has 0 bridgehead atoms. The summed E-state index contributed by atoms with van der Waals surface area (Å²) in [7, 11) is -3.07. The van der Waals surface area contributed by atoms with Crippen molar-refractivity contribution in [1.82, 2.24) is 4.31 Å². The van der Waals surface area contributed by atoms with E-state index in [0.29, 0.717) is 25.9 Å². The van der Waals surface area contributed by atoms with Gasteiger partial charge >= 0.3 is 0 Å². The number of sulfonamides is 1. The summed E-state index contributed by atoms with van der Waals surface area (Å²) in [4.78, 5) is 10.7. The van der Waals surface area contributed by atoms with Crippen LogP contribution in [-0.4, -0.2) is 37.5 Å². The van der Waals surface area contributed by atoms with Crippen molar-refractivity contribution in [3.63, 3.8) is 0 Å². The molecule has 16 heavy (non-hydrogen) atoms. The Morgan fingerprint density at radius 3 is 2.38 bits per heavy atom. The topological polar surface area (TPSA) is 80.5 Å². The molecule has 0 spiro atoms. The number of carbonyl (C=O) groups is 1. The van der Waals surface area contributed by atoms with E-state index in [1.165, 1.54) is 4.31 Å². The summed E-state index contributed by atoms with van der Waals surface area (Å²) in [6.45, 7) is 2.91. The lowest BCUT2D eigenvalue weighted by atomic mass is 9.94. The Bertz CT molecular complexity index is 332. The van der Waals surface area contributed by atoms with Crippen molar-refractivity contribution in [2.45, 2.75) is 32.6 Å². The highest BCUT2D eigenvalue weighted by molar-refractivity contribution is 7.89. The van der Waals surface area contributed by atoms with Crippen LogP contribution in [0.5, 0.6) is 0 Å². The van der Waals surface area contributed by atoms with Crippen LogP contribution in [0.1, 0.15) is 32.6 Å². The molecule has 0 aromatic carbocycles. The van der Waals surface area contributed by atoms with E-state index in [4.69, 9.17) is 5.73 Å². The van der Waals surface area contributed by atoms with Crippen LogP contribution in [0.3, 0.4) is 0 Å². The Kier molecular flexibility index (Phi) is 4.73. The molecule has 2 N–H and O–H groups in total. The Morgan fingerprint density at radius 1 is 1.38 bits per heavy atom. The number of amides is 1. The summed E-state index contributed by atoms with van der Waals surface area (Å²) >= 11 is 0. The molecule has 1 fully saturated rings. The van der Waals surface area contributed by atoms with Gasteiger partial charge in [-0.1, -0.05) is 6.92 Å². The molecule has 1 aliphatic heterocycles. The van der Waals surface area contributed by atoms with Gasteiger partial charge in [-0.25, -0.2) is 12.7 Å². The number of hydrogen-bond donors (Lipinski definition) is 1. The normalized spacial score (nSPS) is 19.8. The fraction of sp³-hybridized carbons (Fsp3) is 0.900. The van der Waals surface area contributed by atoms with Gasteiger partial charge in [-0.15, -0.1) is 0 Å². The molecule has 0 unspecified atom stereocenters. The van der Waals surface area contributed by atoms with E-state index < -0.39 is 10.0 Å². The molecule has 1 aliphatic rings. The molecule has 6 heteroatoms. The number of hydrogen-bond acceptors (Lipinski definition) is 3. The number of nitrogens with zero attached hydrogens (tertiary/aromatic N) is 1. The molecule has 5 nitrogen and oxygen atoms in total. The average molecular weight is 248 g/mol. The first kappa shape index (κ1) is 13.4. The lowest BCUT2D eigenvalue weighted by molar-refractivity contribution is -0.119. The van der Waals surface area contributed by atoms with Crippen molar-refractivity contribution < 1.29 is 13.2 Å². The number of primary amides is 1. The highest BCUT2D eigenvalue weighted by atomic mass is 32.2. The molecule has 0 aromatic rings. The second kappa shape index (κ2) is 5.63. The van der Waals surface area contributed by atoms with E-state index in [1.54, 1.807) is 0 Å². The number of carbonyl (C=O) groups excluding carboxylic acids is 1. The third-order valence-corrected chi connectivity index (χ3v) is 4.99. The van der Waals surface area contributed by atoms with Crippen molar-refractivity contribution in [3.8, 4) is 0 Å². The lowest BCUT2D eigenvalue weighted by Gasteiger charge is -2.30. The van der Waals surface area contributed by atoms with Crippen molar-refractivity contribution in [3.05, 3.63) is 0 Å². The molecule has 0 aliphatic carbocycles. The SMILES string of the molecule is CCCS(=O)(=O)N1CCC(CC(N)=O)CC1. The van der Waals surface area contributed by atoms with Gasteiger partial charge in [0.2, 0.25) is 15.9 Å². The molecule has 1 amide bonds. The van der Waals surface area contributed by atoms with Crippen LogP contribution in [0.25, 0.3) is 0 Å². The summed E-state index contributed by atoms with van der Waals surface area (Å²) in [6.07, 6.45) is 2.50. The molecule has 0 aromatic heterocycles. The van der Waals surface area contributed by atoms with Crippen molar-refractivity contribution >= 4 is 15.9 Å². The number of piperidine rings is 1. The zero-order chi connectivity index (χ0) is 12.2. The monoisotopic (exact) mass is 248 g/mol. The van der Waals surface area contributed by atoms with Crippen LogP contribution in [0.2, 0.25) is 0 Å². The highest BCUT2D eigenvalue weighted by Crippen LogP contribution is 2.22. The number of rotatable bonds is 5. The van der Waals surface area contributed by atoms with Crippen molar-refractivity contribution in [2.75, 3.05) is 18.8 Å². The molecule has 94 valence electrons. The molecule has 1 rings (SSSR count). The molecule has 0 saturated carbocycles. The maximum absolute atomic E-state index is 11.7. The molecular formula is C10H20N2O3S. The summed E-state index contributed by atoms with van der Waals surface area (Å²) in [5, 5.41) is 0. The maximum Gasteiger partial charge on any atom is 0.217 e. The molecule has 1 heterocycles. The van der Waals surface area contributed by atoms with Crippen LogP contribution in [-0.2, 0) is 14.8 Å². The first-order valence-corrected chi connectivity index (χ1v) is 7.32. The van der Waals surface area contributed by atoms with Gasteiger partial charge < -0.3 is 5.73 Å². The van der Waals surface area contributed by atoms with Gasteiger partial charge in [0, 0.05) is 19.5 Å². The standard InChI is InChI=1S/C10H20N2O3S/c1-2-7-16(14,15)12-5-3-9(4-6-12)8-10(11)13/h9H,2-8H2,1H3,(H2,11,13). The summed E-state index contributed by atoms with van der Waals surface area (Å²) in [5.74, 6) is 0.175. The van der Waals surface area contributed by atoms with Gasteiger partial charge in [-0.3, -0.25) is 4.79 Å². The first-order chi connectivity index (χ1) is 7.45. The smallest absolute Gasteiger partial charge is 0.217 e. The van der Waals surface area contributed by atoms with Crippen molar-refractivity contribution in [2.24, 2.45) is 11.7 Å². The molecule has 0 radical (unpaired) electrons. The van der Waals surface area contributed by atoms with Gasteiger partial charge in [0.25, 0.3) is 0 Å². The zero-order valence-corrected chi connectivity index (χ0v) is 10.5. The summed E-state index contributed by atoms with van der Waals surface area (Å²) < 4.78 is 25.0. The number of nitrogens with two attached hydrogens (primary N) is 1. The van der Waals surface area contributed by atoms with E-state index in [1.807, 2.05) is 6.92 Å². The largest absolute Gasteiger partial charge is 0.370 e. The quantitative estimate of drug-likeness (QED) is 0.760. The zero-order valence-electron chi connectivity index (χ0n) is 9.68. The van der Waals surface area contributed by atoms with E-state index in [9.17, 15) is 13.2 Å². The lowest BCUT2D eigenvalue weighted by Crippen LogP contribution is -2.40. The van der Waals surface area contributed by atoms with E-state index in [2.05, 4.69) is 0 Å². The molecular weight excluding hydrogens is 228 g/mol.